The average molecular weight is 321 g/mol. The highest BCUT2D eigenvalue weighted by Gasteiger charge is 2.35. The summed E-state index contributed by atoms with van der Waals surface area (Å²) in [4.78, 5) is -0.263. The molecule has 2 rings (SSSR count). The number of halogens is 3. The van der Waals surface area contributed by atoms with Crippen LogP contribution in [0.5, 0.6) is 0 Å². The normalized spacial score (nSPS) is 17.7. The number of hydrogen-bond donors (Lipinski definition) is 1. The van der Waals surface area contributed by atoms with Crippen molar-refractivity contribution in [2.24, 2.45) is 5.92 Å². The molecule has 0 radical (unpaired) electrons. The van der Waals surface area contributed by atoms with E-state index in [1.54, 1.807) is 0 Å². The molecule has 0 bridgehead atoms. The number of benzene rings is 1. The van der Waals surface area contributed by atoms with Crippen LogP contribution < -0.4 is 5.32 Å². The predicted octanol–water partition coefficient (Wildman–Crippen LogP) is 2.87. The van der Waals surface area contributed by atoms with Gasteiger partial charge >= 0.3 is 6.18 Å². The van der Waals surface area contributed by atoms with Gasteiger partial charge in [-0.15, -0.1) is 0 Å². The lowest BCUT2D eigenvalue weighted by molar-refractivity contribution is -0.137. The summed E-state index contributed by atoms with van der Waals surface area (Å²) in [5, 5.41) is 3.11. The van der Waals surface area contributed by atoms with Gasteiger partial charge in [0.05, 0.1) is 16.2 Å². The second kappa shape index (κ2) is 5.96. The van der Waals surface area contributed by atoms with Crippen molar-refractivity contribution in [3.63, 3.8) is 0 Å². The lowest BCUT2D eigenvalue weighted by Crippen LogP contribution is -2.37. The minimum absolute atomic E-state index is 0.160. The second-order valence-electron chi connectivity index (χ2n) is 5.31. The van der Waals surface area contributed by atoms with Gasteiger partial charge in [0.2, 0.25) is 0 Å². The number of sulfone groups is 1. The molecule has 0 aliphatic heterocycles. The molecular weight excluding hydrogens is 303 g/mol. The van der Waals surface area contributed by atoms with Crippen molar-refractivity contribution >= 4 is 9.84 Å². The predicted molar refractivity (Wildman–Crippen MR) is 73.7 cm³/mol. The fourth-order valence-electron chi connectivity index (χ4n) is 2.32. The first-order valence-electron chi connectivity index (χ1n) is 6.87. The topological polar surface area (TPSA) is 46.2 Å². The molecule has 0 spiro atoms. The smallest absolute Gasteiger partial charge is 0.313 e. The molecule has 1 aromatic carbocycles. The Balaban J connectivity index is 2.22. The van der Waals surface area contributed by atoms with Crippen molar-refractivity contribution in [3.8, 4) is 0 Å². The molecule has 0 saturated heterocycles. The molecular formula is C14H18F3NO2S. The van der Waals surface area contributed by atoms with E-state index in [-0.39, 0.29) is 16.7 Å². The molecule has 1 saturated carbocycles. The molecule has 0 heterocycles. The van der Waals surface area contributed by atoms with Gasteiger partial charge in [0.25, 0.3) is 0 Å². The zero-order chi connectivity index (χ0) is 15.7. The standard InChI is InChI=1S/C14H18F3NO2S/c1-2-18-13(10-6-7-10)9-21(19,20)12-5-3-4-11(8-12)14(15,16)17/h3-5,8,10,13,18H,2,6-7,9H2,1H3. The molecule has 0 aromatic heterocycles. The van der Waals surface area contributed by atoms with Crippen molar-refractivity contribution in [2.75, 3.05) is 12.3 Å². The molecule has 21 heavy (non-hydrogen) atoms. The second-order valence-corrected chi connectivity index (χ2v) is 7.34. The maximum Gasteiger partial charge on any atom is 0.416 e. The minimum Gasteiger partial charge on any atom is -0.313 e. The summed E-state index contributed by atoms with van der Waals surface area (Å²) in [5.74, 6) is 0.151. The van der Waals surface area contributed by atoms with E-state index in [0.29, 0.717) is 18.5 Å². The van der Waals surface area contributed by atoms with E-state index < -0.39 is 21.6 Å². The molecule has 118 valence electrons. The summed E-state index contributed by atoms with van der Waals surface area (Å²) in [7, 11) is -3.73. The van der Waals surface area contributed by atoms with Crippen molar-refractivity contribution in [1.29, 1.82) is 0 Å². The van der Waals surface area contributed by atoms with Crippen LogP contribution >= 0.6 is 0 Å². The highest BCUT2D eigenvalue weighted by Crippen LogP contribution is 2.35. The van der Waals surface area contributed by atoms with Crippen LogP contribution in [0, 0.1) is 5.92 Å². The molecule has 0 amide bonds. The van der Waals surface area contributed by atoms with Gasteiger partial charge in [-0.1, -0.05) is 13.0 Å². The summed E-state index contributed by atoms with van der Waals surface area (Å²) in [6, 6.07) is 3.76. The molecule has 1 fully saturated rings. The summed E-state index contributed by atoms with van der Waals surface area (Å²) in [5.41, 5.74) is -0.935. The fourth-order valence-corrected chi connectivity index (χ4v) is 3.97. The van der Waals surface area contributed by atoms with E-state index in [2.05, 4.69) is 5.32 Å². The highest BCUT2D eigenvalue weighted by atomic mass is 32.2. The molecule has 1 N–H and O–H groups in total. The molecule has 3 nitrogen and oxygen atoms in total. The van der Waals surface area contributed by atoms with Gasteiger partial charge in [-0.25, -0.2) is 8.42 Å². The summed E-state index contributed by atoms with van der Waals surface area (Å²) in [6.07, 6.45) is -2.60. The van der Waals surface area contributed by atoms with Crippen molar-refractivity contribution in [3.05, 3.63) is 29.8 Å². The van der Waals surface area contributed by atoms with Crippen molar-refractivity contribution < 1.29 is 21.6 Å². The Morgan fingerprint density at radius 3 is 2.52 bits per heavy atom. The van der Waals surface area contributed by atoms with Gasteiger partial charge in [-0.2, -0.15) is 13.2 Å². The molecule has 7 heteroatoms. The Bertz CT molecular complexity index is 594. The third kappa shape index (κ3) is 4.20. The van der Waals surface area contributed by atoms with Crippen LogP contribution in [0.2, 0.25) is 0 Å². The minimum atomic E-state index is -4.54. The average Bonchev–Trinajstić information content (AvgIpc) is 3.21. The van der Waals surface area contributed by atoms with Crippen LogP contribution in [-0.2, 0) is 16.0 Å². The zero-order valence-corrected chi connectivity index (χ0v) is 12.5. The van der Waals surface area contributed by atoms with Gasteiger partial charge < -0.3 is 5.32 Å². The Kier molecular flexibility index (Phi) is 4.63. The Hall–Kier alpha value is -1.08. The SMILES string of the molecule is CCNC(CS(=O)(=O)c1cccc(C(F)(F)F)c1)C1CC1. The fraction of sp³-hybridized carbons (Fsp3) is 0.571. The van der Waals surface area contributed by atoms with Gasteiger partial charge in [0, 0.05) is 6.04 Å². The Morgan fingerprint density at radius 1 is 1.33 bits per heavy atom. The highest BCUT2D eigenvalue weighted by molar-refractivity contribution is 7.91. The van der Waals surface area contributed by atoms with E-state index in [9.17, 15) is 21.6 Å². The lowest BCUT2D eigenvalue weighted by Gasteiger charge is -2.17. The molecule has 1 aliphatic rings. The summed E-state index contributed by atoms with van der Waals surface area (Å²) < 4.78 is 62.7. The molecule has 1 atom stereocenters. The summed E-state index contributed by atoms with van der Waals surface area (Å²) >= 11 is 0. The van der Waals surface area contributed by atoms with Crippen molar-refractivity contribution in [2.45, 2.75) is 36.9 Å². The van der Waals surface area contributed by atoms with Crippen LogP contribution in [0.1, 0.15) is 25.3 Å². The van der Waals surface area contributed by atoms with E-state index in [4.69, 9.17) is 0 Å². The third-order valence-electron chi connectivity index (χ3n) is 3.58. The van der Waals surface area contributed by atoms with Gasteiger partial charge in [0.1, 0.15) is 0 Å². The summed E-state index contributed by atoms with van der Waals surface area (Å²) in [6.45, 7) is 2.52. The largest absolute Gasteiger partial charge is 0.416 e. The van der Waals surface area contributed by atoms with E-state index in [0.717, 1.165) is 25.0 Å². The molecule has 1 aliphatic carbocycles. The Morgan fingerprint density at radius 2 is 2.00 bits per heavy atom. The number of nitrogens with one attached hydrogen (secondary N) is 1. The van der Waals surface area contributed by atoms with Gasteiger partial charge in [-0.05, 0) is 43.5 Å². The zero-order valence-electron chi connectivity index (χ0n) is 11.7. The van der Waals surface area contributed by atoms with Gasteiger partial charge in [0.15, 0.2) is 9.84 Å². The van der Waals surface area contributed by atoms with E-state index in [1.807, 2.05) is 6.92 Å². The maximum atomic E-state index is 12.7. The number of alkyl halides is 3. The monoisotopic (exact) mass is 321 g/mol. The molecule has 1 unspecified atom stereocenters. The van der Waals surface area contributed by atoms with Crippen molar-refractivity contribution in [1.82, 2.24) is 5.32 Å². The quantitative estimate of drug-likeness (QED) is 0.876. The van der Waals surface area contributed by atoms with E-state index in [1.165, 1.54) is 6.07 Å². The first kappa shape index (κ1) is 16.3. The van der Waals surface area contributed by atoms with Crippen LogP contribution in [0.15, 0.2) is 29.2 Å². The van der Waals surface area contributed by atoms with Crippen LogP contribution in [-0.4, -0.2) is 26.8 Å². The number of rotatable bonds is 6. The Labute approximate surface area is 122 Å². The lowest BCUT2D eigenvalue weighted by atomic mass is 10.2. The van der Waals surface area contributed by atoms with Gasteiger partial charge in [-0.3, -0.25) is 0 Å². The first-order valence-corrected chi connectivity index (χ1v) is 8.52. The van der Waals surface area contributed by atoms with Crippen LogP contribution in [0.4, 0.5) is 13.2 Å². The van der Waals surface area contributed by atoms with Crippen LogP contribution in [0.3, 0.4) is 0 Å². The maximum absolute atomic E-state index is 12.7. The number of hydrogen-bond acceptors (Lipinski definition) is 3. The van der Waals surface area contributed by atoms with E-state index >= 15 is 0 Å². The van der Waals surface area contributed by atoms with Crippen LogP contribution in [0.25, 0.3) is 0 Å². The first-order chi connectivity index (χ1) is 9.74. The third-order valence-corrected chi connectivity index (χ3v) is 5.35. The molecule has 1 aromatic rings.